The van der Waals surface area contributed by atoms with Gasteiger partial charge in [0.25, 0.3) is 0 Å². The van der Waals surface area contributed by atoms with Crippen LogP contribution >= 0.6 is 0 Å². The summed E-state index contributed by atoms with van der Waals surface area (Å²) in [4.78, 5) is 20.9. The average molecular weight is 210 g/mol. The number of carboxylic acids is 2. The molecule has 1 aromatic rings. The number of hydrogen-bond donors (Lipinski definition) is 2. The zero-order valence-electron chi connectivity index (χ0n) is 6.62. The van der Waals surface area contributed by atoms with Gasteiger partial charge in [-0.05, 0) is 12.1 Å². The fourth-order valence-corrected chi connectivity index (χ4v) is 0.901. The van der Waals surface area contributed by atoms with Crippen molar-refractivity contribution < 1.29 is 28.6 Å². The van der Waals surface area contributed by atoms with Crippen LogP contribution in [0.2, 0.25) is 0 Å². The molecular formula is C8H5F2LiO4. The maximum absolute atomic E-state index is 12.6. The van der Waals surface area contributed by atoms with Crippen LogP contribution in [0.4, 0.5) is 8.78 Å². The molecule has 0 saturated carbocycles. The van der Waals surface area contributed by atoms with Crippen molar-refractivity contribution in [2.24, 2.45) is 0 Å². The molecule has 0 aromatic heterocycles. The number of halogens is 2. The molecule has 0 aliphatic rings. The summed E-state index contributed by atoms with van der Waals surface area (Å²) in [6.07, 6.45) is 0. The summed E-state index contributed by atoms with van der Waals surface area (Å²) < 4.78 is 25.1. The van der Waals surface area contributed by atoms with Crippen molar-refractivity contribution in [3.63, 3.8) is 0 Å². The Morgan fingerprint density at radius 3 is 1.40 bits per heavy atom. The van der Waals surface area contributed by atoms with E-state index < -0.39 is 34.7 Å². The molecule has 0 unspecified atom stereocenters. The van der Waals surface area contributed by atoms with Crippen LogP contribution < -0.4 is 0 Å². The third kappa shape index (κ3) is 2.78. The molecule has 0 amide bonds. The summed E-state index contributed by atoms with van der Waals surface area (Å²) in [7, 11) is 0. The molecule has 4 nitrogen and oxygen atoms in total. The third-order valence-corrected chi connectivity index (χ3v) is 1.52. The van der Waals surface area contributed by atoms with Gasteiger partial charge in [-0.3, -0.25) is 0 Å². The number of carboxylic acid groups (broad SMARTS) is 2. The molecule has 0 atom stereocenters. The topological polar surface area (TPSA) is 74.6 Å². The van der Waals surface area contributed by atoms with E-state index in [1.54, 1.807) is 0 Å². The summed E-state index contributed by atoms with van der Waals surface area (Å²) in [5.41, 5.74) is -1.56. The van der Waals surface area contributed by atoms with Crippen LogP contribution in [0, 0.1) is 11.6 Å². The molecule has 0 aliphatic carbocycles. The van der Waals surface area contributed by atoms with Crippen LogP contribution in [-0.4, -0.2) is 41.0 Å². The van der Waals surface area contributed by atoms with E-state index in [0.717, 1.165) is 0 Å². The maximum atomic E-state index is 12.6. The molecular weight excluding hydrogens is 205 g/mol. The van der Waals surface area contributed by atoms with Crippen molar-refractivity contribution >= 4 is 30.8 Å². The van der Waals surface area contributed by atoms with Gasteiger partial charge < -0.3 is 10.2 Å². The first-order chi connectivity index (χ1) is 6.43. The van der Waals surface area contributed by atoms with E-state index >= 15 is 0 Å². The summed E-state index contributed by atoms with van der Waals surface area (Å²) >= 11 is 0. The summed E-state index contributed by atoms with van der Waals surface area (Å²) in [6, 6.07) is 0.669. The number of aromatic carboxylic acids is 2. The van der Waals surface area contributed by atoms with Crippen LogP contribution in [-0.2, 0) is 0 Å². The van der Waals surface area contributed by atoms with Crippen molar-refractivity contribution in [3.8, 4) is 0 Å². The van der Waals surface area contributed by atoms with Gasteiger partial charge in [-0.2, -0.15) is 0 Å². The minimum atomic E-state index is -1.62. The first-order valence-electron chi connectivity index (χ1n) is 3.39. The Kier molecular flexibility index (Phi) is 4.46. The van der Waals surface area contributed by atoms with Gasteiger partial charge in [-0.15, -0.1) is 0 Å². The molecule has 1 aromatic carbocycles. The normalized spacial score (nSPS) is 9.20. The molecule has 0 aliphatic heterocycles. The molecule has 15 heavy (non-hydrogen) atoms. The molecule has 0 bridgehead atoms. The van der Waals surface area contributed by atoms with Gasteiger partial charge in [0.15, 0.2) is 11.6 Å². The zero-order valence-corrected chi connectivity index (χ0v) is 6.62. The second-order valence-electron chi connectivity index (χ2n) is 2.42. The second-order valence-corrected chi connectivity index (χ2v) is 2.42. The van der Waals surface area contributed by atoms with Crippen molar-refractivity contribution in [3.05, 3.63) is 34.9 Å². The average Bonchev–Trinajstić information content (AvgIpc) is 2.08. The number of rotatable bonds is 2. The van der Waals surface area contributed by atoms with E-state index in [9.17, 15) is 18.4 Å². The van der Waals surface area contributed by atoms with Gasteiger partial charge in [0.1, 0.15) is 0 Å². The Labute approximate surface area is 94.7 Å². The van der Waals surface area contributed by atoms with Crippen molar-refractivity contribution in [2.75, 3.05) is 0 Å². The molecule has 0 fully saturated rings. The van der Waals surface area contributed by atoms with E-state index in [1.165, 1.54) is 0 Å². The number of hydrogen-bond acceptors (Lipinski definition) is 2. The van der Waals surface area contributed by atoms with Gasteiger partial charge in [0.2, 0.25) is 0 Å². The Balaban J connectivity index is 0.00000196. The Hall–Kier alpha value is -1.38. The molecule has 1 rings (SSSR count). The van der Waals surface area contributed by atoms with E-state index in [-0.39, 0.29) is 18.9 Å². The van der Waals surface area contributed by atoms with Crippen LogP contribution in [0.1, 0.15) is 20.7 Å². The van der Waals surface area contributed by atoms with Gasteiger partial charge in [0.05, 0.1) is 11.1 Å². The molecule has 0 saturated heterocycles. The van der Waals surface area contributed by atoms with Crippen molar-refractivity contribution in [1.29, 1.82) is 0 Å². The fourth-order valence-electron chi connectivity index (χ4n) is 0.901. The summed E-state index contributed by atoms with van der Waals surface area (Å²) in [5, 5.41) is 17.0. The van der Waals surface area contributed by atoms with Gasteiger partial charge in [0, 0.05) is 0 Å². The molecule has 7 heteroatoms. The quantitative estimate of drug-likeness (QED) is 0.705. The van der Waals surface area contributed by atoms with E-state index in [2.05, 4.69) is 0 Å². The monoisotopic (exact) mass is 210 g/mol. The second kappa shape index (κ2) is 4.91. The Morgan fingerprint density at radius 1 is 0.933 bits per heavy atom. The molecule has 0 heterocycles. The van der Waals surface area contributed by atoms with Crippen molar-refractivity contribution in [1.82, 2.24) is 0 Å². The van der Waals surface area contributed by atoms with Crippen LogP contribution in [0.3, 0.4) is 0 Å². The van der Waals surface area contributed by atoms with Crippen LogP contribution in [0.15, 0.2) is 12.1 Å². The van der Waals surface area contributed by atoms with Crippen LogP contribution in [0.25, 0.3) is 0 Å². The zero-order chi connectivity index (χ0) is 10.9. The molecule has 0 radical (unpaired) electrons. The van der Waals surface area contributed by atoms with Gasteiger partial charge in [-0.1, -0.05) is 0 Å². The Morgan fingerprint density at radius 2 is 1.20 bits per heavy atom. The predicted molar refractivity (Wildman–Crippen MR) is 47.4 cm³/mol. The summed E-state index contributed by atoms with van der Waals surface area (Å²) in [5.74, 6) is -6.04. The third-order valence-electron chi connectivity index (χ3n) is 1.52. The SMILES string of the molecule is O=C(O)c1cc(F)c(F)cc1C(=O)O.[LiH]. The minimum absolute atomic E-state index is 0. The standard InChI is InChI=1S/C8H4F2O4.Li.H/c9-5-1-3(7(11)12)4(8(13)14)2-6(5)10;;/h1-2H,(H,11,12)(H,13,14);;. The molecule has 76 valence electrons. The van der Waals surface area contributed by atoms with Gasteiger partial charge >= 0.3 is 30.8 Å². The van der Waals surface area contributed by atoms with Crippen LogP contribution in [0.5, 0.6) is 0 Å². The number of benzene rings is 1. The Bertz CT molecular complexity index is 380. The van der Waals surface area contributed by atoms with E-state index in [1.807, 2.05) is 0 Å². The van der Waals surface area contributed by atoms with Crippen molar-refractivity contribution in [2.45, 2.75) is 0 Å². The molecule has 0 spiro atoms. The first-order valence-corrected chi connectivity index (χ1v) is 3.39. The first kappa shape index (κ1) is 13.6. The fraction of sp³-hybridized carbons (Fsp3) is 0. The van der Waals surface area contributed by atoms with E-state index in [0.29, 0.717) is 12.1 Å². The summed E-state index contributed by atoms with van der Waals surface area (Å²) in [6.45, 7) is 0. The van der Waals surface area contributed by atoms with E-state index in [4.69, 9.17) is 10.2 Å². The van der Waals surface area contributed by atoms with Gasteiger partial charge in [-0.25, -0.2) is 18.4 Å². The predicted octanol–water partition coefficient (Wildman–Crippen LogP) is 0.713. The number of carbonyl (C=O) groups is 2. The molecule has 2 N–H and O–H groups in total.